The Balaban J connectivity index is 1.43. The molecule has 2 heterocycles. The average Bonchev–Trinajstić information content (AvgIpc) is 3.17. The summed E-state index contributed by atoms with van der Waals surface area (Å²) in [6.45, 7) is 2.84. The second-order valence-corrected chi connectivity index (χ2v) is 9.42. The number of amides is 1. The number of ether oxygens (including phenoxy) is 1. The molecular weight excluding hydrogens is 378 g/mol. The number of halogens is 1. The quantitative estimate of drug-likeness (QED) is 0.697. The van der Waals surface area contributed by atoms with E-state index in [9.17, 15) is 4.79 Å². The SMILES string of the molecule is O=C(CC1C=C(C2CCCCC2c2cccc(Cl)c2)SC1)N1CCOCC1. The molecule has 3 aliphatic rings. The number of hydrogen-bond acceptors (Lipinski definition) is 3. The fraction of sp³-hybridized carbons (Fsp3) is 0.591. The number of allylic oxidation sites excluding steroid dienone is 2. The van der Waals surface area contributed by atoms with Crippen molar-refractivity contribution in [3.8, 4) is 0 Å². The maximum Gasteiger partial charge on any atom is 0.223 e. The Bertz CT molecular complexity index is 701. The minimum absolute atomic E-state index is 0.288. The van der Waals surface area contributed by atoms with Crippen LogP contribution in [0.5, 0.6) is 0 Å². The van der Waals surface area contributed by atoms with Crippen LogP contribution in [0.2, 0.25) is 5.02 Å². The monoisotopic (exact) mass is 405 g/mol. The molecule has 1 aliphatic carbocycles. The van der Waals surface area contributed by atoms with Crippen LogP contribution in [0, 0.1) is 11.8 Å². The molecule has 3 atom stereocenters. The number of morpholine rings is 1. The third-order valence-corrected chi connectivity index (χ3v) is 7.67. The number of carbonyl (C=O) groups is 1. The van der Waals surface area contributed by atoms with Gasteiger partial charge in [-0.1, -0.05) is 42.7 Å². The second-order valence-electron chi connectivity index (χ2n) is 7.89. The van der Waals surface area contributed by atoms with Gasteiger partial charge in [0, 0.05) is 30.3 Å². The summed E-state index contributed by atoms with van der Waals surface area (Å²) in [5, 5.41) is 0.832. The van der Waals surface area contributed by atoms with Crippen molar-refractivity contribution in [1.29, 1.82) is 0 Å². The molecule has 4 rings (SSSR count). The van der Waals surface area contributed by atoms with Gasteiger partial charge in [0.05, 0.1) is 13.2 Å². The van der Waals surface area contributed by atoms with E-state index in [-0.39, 0.29) is 5.91 Å². The van der Waals surface area contributed by atoms with Crippen molar-refractivity contribution in [2.24, 2.45) is 11.8 Å². The normalized spacial score (nSPS) is 28.9. The van der Waals surface area contributed by atoms with E-state index in [4.69, 9.17) is 16.3 Å². The molecule has 3 unspecified atom stereocenters. The van der Waals surface area contributed by atoms with Crippen LogP contribution >= 0.6 is 23.4 Å². The van der Waals surface area contributed by atoms with Gasteiger partial charge in [-0.25, -0.2) is 0 Å². The van der Waals surface area contributed by atoms with Crippen LogP contribution in [-0.2, 0) is 9.53 Å². The van der Waals surface area contributed by atoms with Gasteiger partial charge in [0.25, 0.3) is 0 Å². The Morgan fingerprint density at radius 2 is 1.96 bits per heavy atom. The molecule has 0 aromatic heterocycles. The van der Waals surface area contributed by atoms with Crippen molar-refractivity contribution in [3.63, 3.8) is 0 Å². The largest absolute Gasteiger partial charge is 0.378 e. The molecule has 1 aromatic carbocycles. The fourth-order valence-electron chi connectivity index (χ4n) is 4.65. The lowest BCUT2D eigenvalue weighted by molar-refractivity contribution is -0.135. The van der Waals surface area contributed by atoms with Gasteiger partial charge in [-0.3, -0.25) is 4.79 Å². The summed E-state index contributed by atoms with van der Waals surface area (Å²) >= 11 is 8.24. The first-order chi connectivity index (χ1) is 13.2. The van der Waals surface area contributed by atoms with E-state index >= 15 is 0 Å². The van der Waals surface area contributed by atoms with Crippen LogP contribution in [0.1, 0.15) is 43.6 Å². The summed E-state index contributed by atoms with van der Waals surface area (Å²) in [5.74, 6) is 2.86. The molecule has 3 nitrogen and oxygen atoms in total. The molecule has 1 saturated carbocycles. The molecule has 1 aromatic rings. The number of nitrogens with zero attached hydrogens (tertiary/aromatic N) is 1. The van der Waals surface area contributed by atoms with Gasteiger partial charge in [-0.05, 0) is 53.2 Å². The molecular formula is C22H28ClNO2S. The van der Waals surface area contributed by atoms with Gasteiger partial charge in [-0.15, -0.1) is 11.8 Å². The predicted molar refractivity (Wildman–Crippen MR) is 112 cm³/mol. The van der Waals surface area contributed by atoms with Crippen molar-refractivity contribution in [2.45, 2.75) is 38.0 Å². The first kappa shape index (κ1) is 19.4. The number of rotatable bonds is 4. The molecule has 0 radical (unpaired) electrons. The van der Waals surface area contributed by atoms with Crippen molar-refractivity contribution in [1.82, 2.24) is 4.90 Å². The van der Waals surface area contributed by atoms with Gasteiger partial charge in [0.2, 0.25) is 5.91 Å². The standard InChI is InChI=1S/C22H28ClNO2S/c23-18-5-3-4-17(14-18)19-6-1-2-7-20(19)21-12-16(15-27-21)13-22(25)24-8-10-26-11-9-24/h3-5,12,14,16,19-20H,1-2,6-11,13,15H2. The molecule has 1 amide bonds. The van der Waals surface area contributed by atoms with Crippen LogP contribution in [-0.4, -0.2) is 42.9 Å². The van der Waals surface area contributed by atoms with E-state index in [0.717, 1.165) is 23.9 Å². The van der Waals surface area contributed by atoms with E-state index in [1.807, 2.05) is 22.7 Å². The molecule has 0 bridgehead atoms. The molecule has 0 N–H and O–H groups in total. The maximum absolute atomic E-state index is 12.6. The highest BCUT2D eigenvalue weighted by Gasteiger charge is 2.33. The van der Waals surface area contributed by atoms with Crippen molar-refractivity contribution < 1.29 is 9.53 Å². The molecule has 0 spiro atoms. The molecule has 146 valence electrons. The first-order valence-corrected chi connectivity index (χ1v) is 11.5. The topological polar surface area (TPSA) is 29.5 Å². The highest BCUT2D eigenvalue weighted by Crippen LogP contribution is 2.48. The number of carbonyl (C=O) groups excluding carboxylic acids is 1. The Hall–Kier alpha value is -0.970. The lowest BCUT2D eigenvalue weighted by atomic mass is 9.75. The van der Waals surface area contributed by atoms with Crippen LogP contribution in [0.4, 0.5) is 0 Å². The molecule has 2 fully saturated rings. The van der Waals surface area contributed by atoms with Crippen LogP contribution < -0.4 is 0 Å². The van der Waals surface area contributed by atoms with Gasteiger partial charge >= 0.3 is 0 Å². The fourth-order valence-corrected chi connectivity index (χ4v) is 6.26. The zero-order chi connectivity index (χ0) is 18.6. The minimum atomic E-state index is 0.288. The minimum Gasteiger partial charge on any atom is -0.378 e. The highest BCUT2D eigenvalue weighted by atomic mass is 35.5. The molecule has 2 aliphatic heterocycles. The average molecular weight is 406 g/mol. The van der Waals surface area contributed by atoms with Crippen molar-refractivity contribution in [2.75, 3.05) is 32.1 Å². The summed E-state index contributed by atoms with van der Waals surface area (Å²) in [6, 6.07) is 8.40. The van der Waals surface area contributed by atoms with E-state index in [1.54, 1.807) is 0 Å². The first-order valence-electron chi connectivity index (χ1n) is 10.2. The van der Waals surface area contributed by atoms with Gasteiger partial charge in [-0.2, -0.15) is 0 Å². The summed E-state index contributed by atoms with van der Waals surface area (Å²) in [5.41, 5.74) is 1.38. The number of hydrogen-bond donors (Lipinski definition) is 0. The Kier molecular flexibility index (Phi) is 6.46. The Morgan fingerprint density at radius 1 is 1.19 bits per heavy atom. The summed E-state index contributed by atoms with van der Waals surface area (Å²) < 4.78 is 5.36. The lowest BCUT2D eigenvalue weighted by Gasteiger charge is -2.32. The van der Waals surface area contributed by atoms with Gasteiger partial charge in [0.1, 0.15) is 0 Å². The summed E-state index contributed by atoms with van der Waals surface area (Å²) in [4.78, 5) is 16.1. The van der Waals surface area contributed by atoms with Gasteiger partial charge in [0.15, 0.2) is 0 Å². The molecule has 27 heavy (non-hydrogen) atoms. The Morgan fingerprint density at radius 3 is 2.74 bits per heavy atom. The predicted octanol–water partition coefficient (Wildman–Crippen LogP) is 5.11. The third kappa shape index (κ3) is 4.72. The molecule has 5 heteroatoms. The summed E-state index contributed by atoms with van der Waals surface area (Å²) in [6.07, 6.45) is 8.14. The smallest absolute Gasteiger partial charge is 0.223 e. The van der Waals surface area contributed by atoms with Gasteiger partial charge < -0.3 is 9.64 Å². The van der Waals surface area contributed by atoms with Crippen molar-refractivity contribution in [3.05, 3.63) is 45.8 Å². The number of thioether (sulfide) groups is 1. The van der Waals surface area contributed by atoms with E-state index < -0.39 is 0 Å². The summed E-state index contributed by atoms with van der Waals surface area (Å²) in [7, 11) is 0. The Labute approximate surface area is 171 Å². The lowest BCUT2D eigenvalue weighted by Crippen LogP contribution is -2.41. The van der Waals surface area contributed by atoms with Crippen molar-refractivity contribution >= 4 is 29.3 Å². The van der Waals surface area contributed by atoms with Crippen LogP contribution in [0.25, 0.3) is 0 Å². The zero-order valence-electron chi connectivity index (χ0n) is 15.7. The number of benzene rings is 1. The van der Waals surface area contributed by atoms with E-state index in [2.05, 4.69) is 24.3 Å². The highest BCUT2D eigenvalue weighted by molar-refractivity contribution is 8.03. The van der Waals surface area contributed by atoms with Crippen LogP contribution in [0.3, 0.4) is 0 Å². The van der Waals surface area contributed by atoms with E-state index in [0.29, 0.717) is 37.4 Å². The third-order valence-electron chi connectivity index (χ3n) is 6.07. The second kappa shape index (κ2) is 9.02. The van der Waals surface area contributed by atoms with E-state index in [1.165, 1.54) is 36.2 Å². The molecule has 1 saturated heterocycles. The van der Waals surface area contributed by atoms with Crippen LogP contribution in [0.15, 0.2) is 35.2 Å². The zero-order valence-corrected chi connectivity index (χ0v) is 17.3. The maximum atomic E-state index is 12.6.